The summed E-state index contributed by atoms with van der Waals surface area (Å²) in [5, 5.41) is 2.25. The van der Waals surface area contributed by atoms with E-state index in [1.54, 1.807) is 11.0 Å². The zero-order valence-electron chi connectivity index (χ0n) is 22.1. The summed E-state index contributed by atoms with van der Waals surface area (Å²) in [7, 11) is 8.88. The minimum Gasteiger partial charge on any atom is -0.489 e. The summed E-state index contributed by atoms with van der Waals surface area (Å²) in [5.74, 6) is -0.254. The Labute approximate surface area is 221 Å². The van der Waals surface area contributed by atoms with Crippen LogP contribution in [0.1, 0.15) is 39.9 Å². The number of nitrogens with one attached hydrogen (secondary N) is 1. The molecule has 5 rings (SSSR count). The number of carbonyl (C=O) groups is 3. The molecule has 0 saturated carbocycles. The first-order chi connectivity index (χ1) is 17.7. The lowest BCUT2D eigenvalue weighted by molar-refractivity contribution is -0.136. The number of piperidine rings is 1. The van der Waals surface area contributed by atoms with Crippen molar-refractivity contribution in [2.24, 2.45) is 0 Å². The van der Waals surface area contributed by atoms with Crippen LogP contribution in [0.3, 0.4) is 0 Å². The molecule has 3 aliphatic heterocycles. The molecule has 2 saturated heterocycles. The highest BCUT2D eigenvalue weighted by Crippen LogP contribution is 2.34. The lowest BCUT2D eigenvalue weighted by Gasteiger charge is -2.43. The standard InChI is InChI=1S/C25H31B4N3O5/c26-17-10-14(11-18(27)22(17)25(28,29)31-6-8-36-9-7-31)13-37-20-3-1-2-15-16(20)12-32(24(15)35)19-4-5-21(33)30-23(19)34/h1-3,10-11,19H,4-9,12-13,26-29H2,(H,30,33,34). The largest absolute Gasteiger partial charge is 0.489 e. The van der Waals surface area contributed by atoms with Crippen LogP contribution in [0.5, 0.6) is 5.75 Å². The van der Waals surface area contributed by atoms with Gasteiger partial charge in [0.2, 0.25) is 11.8 Å². The zero-order chi connectivity index (χ0) is 26.3. The highest BCUT2D eigenvalue weighted by Gasteiger charge is 2.40. The van der Waals surface area contributed by atoms with Crippen molar-refractivity contribution in [2.75, 3.05) is 26.3 Å². The van der Waals surface area contributed by atoms with Gasteiger partial charge in [-0.05, 0) is 29.5 Å². The van der Waals surface area contributed by atoms with E-state index in [1.165, 1.54) is 16.5 Å². The number of imide groups is 1. The van der Waals surface area contributed by atoms with E-state index in [1.807, 2.05) is 12.1 Å². The SMILES string of the molecule is Bc1cc(COc2cccc3c2CN(C2CCC(=O)NC2=O)C3=O)cc(B)c1C(B)(B)N1CCOCC1. The van der Waals surface area contributed by atoms with Gasteiger partial charge in [-0.25, -0.2) is 0 Å². The lowest BCUT2D eigenvalue weighted by Crippen LogP contribution is -2.56. The molecule has 1 unspecified atom stereocenters. The summed E-state index contributed by atoms with van der Waals surface area (Å²) in [6.07, 6.45) is 0.573. The number of morpholine rings is 1. The number of fused-ring (bicyclic) bond motifs is 1. The number of hydrogen-bond acceptors (Lipinski definition) is 6. The number of rotatable bonds is 6. The first-order valence-electron chi connectivity index (χ1n) is 13.0. The molecule has 0 radical (unpaired) electrons. The van der Waals surface area contributed by atoms with E-state index in [0.29, 0.717) is 30.9 Å². The van der Waals surface area contributed by atoms with Crippen LogP contribution in [0, 0.1) is 0 Å². The van der Waals surface area contributed by atoms with Crippen molar-refractivity contribution in [3.8, 4) is 5.75 Å². The fourth-order valence-electron chi connectivity index (χ4n) is 6.24. The molecule has 3 heterocycles. The summed E-state index contributed by atoms with van der Waals surface area (Å²) in [6, 6.07) is 9.19. The molecule has 0 aromatic heterocycles. The van der Waals surface area contributed by atoms with Crippen LogP contribution in [-0.2, 0) is 32.8 Å². The minimum atomic E-state index is -0.641. The number of nitrogens with zero attached hydrogens (tertiary/aromatic N) is 2. The summed E-state index contributed by atoms with van der Waals surface area (Å²) >= 11 is 0. The topological polar surface area (TPSA) is 88.2 Å². The molecule has 37 heavy (non-hydrogen) atoms. The second-order valence-electron chi connectivity index (χ2n) is 10.7. The van der Waals surface area contributed by atoms with Crippen molar-refractivity contribution >= 4 is 60.0 Å². The van der Waals surface area contributed by atoms with Gasteiger partial charge in [0, 0.05) is 30.6 Å². The molecule has 188 valence electrons. The van der Waals surface area contributed by atoms with Gasteiger partial charge in [-0.15, -0.1) is 0 Å². The quantitative estimate of drug-likeness (QED) is 0.327. The third kappa shape index (κ3) is 4.84. The molecule has 2 aromatic rings. The van der Waals surface area contributed by atoms with E-state index in [9.17, 15) is 14.4 Å². The molecular formula is C25H31B4N3O5. The highest BCUT2D eigenvalue weighted by molar-refractivity contribution is 6.47. The van der Waals surface area contributed by atoms with Crippen LogP contribution in [-0.4, -0.2) is 91.3 Å². The Bertz CT molecular complexity index is 1240. The maximum atomic E-state index is 13.1. The smallest absolute Gasteiger partial charge is 0.255 e. The van der Waals surface area contributed by atoms with Crippen molar-refractivity contribution in [1.29, 1.82) is 0 Å². The molecule has 8 nitrogen and oxygen atoms in total. The van der Waals surface area contributed by atoms with E-state index in [0.717, 1.165) is 37.4 Å². The second-order valence-corrected chi connectivity index (χ2v) is 10.7. The molecule has 1 atom stereocenters. The monoisotopic (exact) mass is 497 g/mol. The van der Waals surface area contributed by atoms with Gasteiger partial charge < -0.3 is 19.3 Å². The number of benzene rings is 2. The van der Waals surface area contributed by atoms with E-state index in [-0.39, 0.29) is 23.6 Å². The van der Waals surface area contributed by atoms with Crippen LogP contribution >= 0.6 is 0 Å². The fraction of sp³-hybridized carbons (Fsp3) is 0.400. The molecule has 0 bridgehead atoms. The molecule has 3 amide bonds. The van der Waals surface area contributed by atoms with Crippen LogP contribution in [0.2, 0.25) is 0 Å². The van der Waals surface area contributed by atoms with Gasteiger partial charge in [-0.3, -0.25) is 19.7 Å². The predicted octanol–water partition coefficient (Wildman–Crippen LogP) is -3.75. The predicted molar refractivity (Wildman–Crippen MR) is 151 cm³/mol. The Morgan fingerprint density at radius 2 is 1.78 bits per heavy atom. The minimum absolute atomic E-state index is 0.0998. The Hall–Kier alpha value is -2.97. The first-order valence-corrected chi connectivity index (χ1v) is 13.0. The van der Waals surface area contributed by atoms with Gasteiger partial charge in [-0.1, -0.05) is 34.7 Å². The number of hydrogen-bond donors (Lipinski definition) is 1. The van der Waals surface area contributed by atoms with E-state index < -0.39 is 11.9 Å². The van der Waals surface area contributed by atoms with Gasteiger partial charge in [0.25, 0.3) is 5.91 Å². The van der Waals surface area contributed by atoms with Gasteiger partial charge in [0.1, 0.15) is 49.8 Å². The second kappa shape index (κ2) is 10.1. The first kappa shape index (κ1) is 25.7. The zero-order valence-corrected chi connectivity index (χ0v) is 22.1. The van der Waals surface area contributed by atoms with Crippen molar-refractivity contribution in [3.63, 3.8) is 0 Å². The average Bonchev–Trinajstić information content (AvgIpc) is 3.19. The molecule has 0 spiro atoms. The maximum absolute atomic E-state index is 13.1. The lowest BCUT2D eigenvalue weighted by atomic mass is 9.52. The highest BCUT2D eigenvalue weighted by atomic mass is 16.5. The van der Waals surface area contributed by atoms with Gasteiger partial charge >= 0.3 is 0 Å². The molecule has 2 aromatic carbocycles. The van der Waals surface area contributed by atoms with Crippen LogP contribution in [0.25, 0.3) is 0 Å². The Balaban J connectivity index is 1.32. The Morgan fingerprint density at radius 1 is 1.08 bits per heavy atom. The van der Waals surface area contributed by atoms with E-state index >= 15 is 0 Å². The van der Waals surface area contributed by atoms with Crippen LogP contribution < -0.4 is 21.0 Å². The summed E-state index contributed by atoms with van der Waals surface area (Å²) in [4.78, 5) is 41.1. The molecule has 1 N–H and O–H groups in total. The average molecular weight is 497 g/mol. The molecule has 2 fully saturated rings. The molecule has 0 aliphatic carbocycles. The van der Waals surface area contributed by atoms with Gasteiger partial charge in [-0.2, -0.15) is 0 Å². The van der Waals surface area contributed by atoms with Crippen molar-refractivity contribution < 1.29 is 23.9 Å². The van der Waals surface area contributed by atoms with Crippen molar-refractivity contribution in [1.82, 2.24) is 15.1 Å². The maximum Gasteiger partial charge on any atom is 0.255 e. The third-order valence-corrected chi connectivity index (χ3v) is 7.94. The molecular weight excluding hydrogens is 466 g/mol. The van der Waals surface area contributed by atoms with Crippen molar-refractivity contribution in [2.45, 2.75) is 37.4 Å². The van der Waals surface area contributed by atoms with E-state index in [4.69, 9.17) is 9.47 Å². The van der Waals surface area contributed by atoms with Crippen LogP contribution in [0.15, 0.2) is 30.3 Å². The Morgan fingerprint density at radius 3 is 2.46 bits per heavy atom. The van der Waals surface area contributed by atoms with E-state index in [2.05, 4.69) is 53.7 Å². The number of amides is 3. The third-order valence-electron chi connectivity index (χ3n) is 7.94. The summed E-state index contributed by atoms with van der Waals surface area (Å²) < 4.78 is 11.8. The van der Waals surface area contributed by atoms with Crippen LogP contribution in [0.4, 0.5) is 0 Å². The number of ether oxygens (including phenoxy) is 2. The summed E-state index contributed by atoms with van der Waals surface area (Å²) in [5.41, 5.74) is 6.21. The molecule has 12 heteroatoms. The van der Waals surface area contributed by atoms with Gasteiger partial charge in [0.15, 0.2) is 0 Å². The summed E-state index contributed by atoms with van der Waals surface area (Å²) in [6.45, 7) is 4.04. The number of carbonyl (C=O) groups excluding carboxylic acids is 3. The van der Waals surface area contributed by atoms with Gasteiger partial charge in [0.05, 0.1) is 19.8 Å². The normalized spacial score (nSPS) is 20.6. The van der Waals surface area contributed by atoms with Crippen molar-refractivity contribution in [3.05, 3.63) is 52.6 Å². The Kier molecular flexibility index (Phi) is 6.98. The fourth-order valence-corrected chi connectivity index (χ4v) is 6.24. The molecule has 3 aliphatic rings.